The van der Waals surface area contributed by atoms with Crippen LogP contribution in [0.25, 0.3) is 10.7 Å². The molecule has 7 heteroatoms. The number of rotatable bonds is 4. The molecule has 2 aromatic heterocycles. The maximum atomic E-state index is 9.43. The normalized spacial score (nSPS) is 17.9. The van der Waals surface area contributed by atoms with Crippen molar-refractivity contribution in [1.82, 2.24) is 20.1 Å². The van der Waals surface area contributed by atoms with Crippen LogP contribution in [-0.2, 0) is 0 Å². The monoisotopic (exact) mass is 305 g/mol. The highest BCUT2D eigenvalue weighted by atomic mass is 32.1. The van der Waals surface area contributed by atoms with E-state index in [4.69, 9.17) is 0 Å². The number of aliphatic hydroxyl groups excluding tert-OH is 1. The van der Waals surface area contributed by atoms with Gasteiger partial charge in [-0.3, -0.25) is 9.88 Å². The predicted molar refractivity (Wildman–Crippen MR) is 83.5 cm³/mol. The molecule has 1 aliphatic heterocycles. The Morgan fingerprint density at radius 3 is 2.71 bits per heavy atom. The molecule has 1 saturated heterocycles. The Balaban J connectivity index is 1.63. The van der Waals surface area contributed by atoms with Gasteiger partial charge in [-0.05, 0) is 19.1 Å². The molecular formula is C14H19N5OS. The first-order chi connectivity index (χ1) is 10.2. The van der Waals surface area contributed by atoms with Gasteiger partial charge in [0.15, 0.2) is 5.01 Å². The largest absolute Gasteiger partial charge is 0.392 e. The highest BCUT2D eigenvalue weighted by Gasteiger charge is 2.21. The molecule has 21 heavy (non-hydrogen) atoms. The molecule has 0 amide bonds. The molecule has 0 bridgehead atoms. The molecule has 2 aromatic rings. The second-order valence-corrected chi connectivity index (χ2v) is 6.20. The number of piperazine rings is 1. The van der Waals surface area contributed by atoms with Crippen molar-refractivity contribution in [2.75, 3.05) is 37.6 Å². The third kappa shape index (κ3) is 3.55. The lowest BCUT2D eigenvalue weighted by atomic mass is 10.3. The summed E-state index contributed by atoms with van der Waals surface area (Å²) in [5.41, 5.74) is 0.869. The predicted octanol–water partition coefficient (Wildman–Crippen LogP) is 1.10. The second-order valence-electron chi connectivity index (χ2n) is 5.24. The van der Waals surface area contributed by atoms with Crippen molar-refractivity contribution in [2.45, 2.75) is 13.0 Å². The molecule has 1 N–H and O–H groups in total. The van der Waals surface area contributed by atoms with Gasteiger partial charge in [-0.1, -0.05) is 17.4 Å². The van der Waals surface area contributed by atoms with Gasteiger partial charge in [0.05, 0.1) is 6.10 Å². The smallest absolute Gasteiger partial charge is 0.208 e. The molecule has 0 aliphatic carbocycles. The SMILES string of the molecule is C[C@@H](O)CN1CCN(c2nnc(-c3ccccn3)s2)CC1. The molecular weight excluding hydrogens is 286 g/mol. The molecule has 1 fully saturated rings. The van der Waals surface area contributed by atoms with Gasteiger partial charge in [0.2, 0.25) is 5.13 Å². The number of hydrogen-bond donors (Lipinski definition) is 1. The van der Waals surface area contributed by atoms with E-state index in [1.807, 2.05) is 25.1 Å². The van der Waals surface area contributed by atoms with E-state index in [0.29, 0.717) is 0 Å². The maximum absolute atomic E-state index is 9.43. The highest BCUT2D eigenvalue weighted by Crippen LogP contribution is 2.27. The Kier molecular flexibility index (Phi) is 4.42. The van der Waals surface area contributed by atoms with Crippen LogP contribution in [0, 0.1) is 0 Å². The summed E-state index contributed by atoms with van der Waals surface area (Å²) in [5.74, 6) is 0. The van der Waals surface area contributed by atoms with Gasteiger partial charge >= 0.3 is 0 Å². The molecule has 0 aromatic carbocycles. The minimum atomic E-state index is -0.270. The van der Waals surface area contributed by atoms with Gasteiger partial charge in [-0.25, -0.2) is 0 Å². The van der Waals surface area contributed by atoms with Crippen LogP contribution in [0.3, 0.4) is 0 Å². The standard InChI is InChI=1S/C14H19N5OS/c1-11(20)10-18-6-8-19(9-7-18)14-17-16-13(21-14)12-4-2-3-5-15-12/h2-5,11,20H,6-10H2,1H3/t11-/m1/s1. The van der Waals surface area contributed by atoms with Crippen molar-refractivity contribution in [2.24, 2.45) is 0 Å². The van der Waals surface area contributed by atoms with E-state index >= 15 is 0 Å². The molecule has 112 valence electrons. The van der Waals surface area contributed by atoms with E-state index in [9.17, 15) is 5.11 Å². The molecule has 1 aliphatic rings. The Bertz CT molecular complexity index is 566. The number of aliphatic hydroxyl groups is 1. The first-order valence-electron chi connectivity index (χ1n) is 7.12. The van der Waals surface area contributed by atoms with Crippen LogP contribution < -0.4 is 4.90 Å². The molecule has 3 rings (SSSR count). The van der Waals surface area contributed by atoms with E-state index in [1.165, 1.54) is 0 Å². The van der Waals surface area contributed by atoms with Gasteiger partial charge in [-0.2, -0.15) is 0 Å². The molecule has 0 saturated carbocycles. The topological polar surface area (TPSA) is 65.4 Å². The summed E-state index contributed by atoms with van der Waals surface area (Å²) in [4.78, 5) is 8.84. The fourth-order valence-corrected chi connectivity index (χ4v) is 3.30. The fourth-order valence-electron chi connectivity index (χ4n) is 2.43. The Morgan fingerprint density at radius 2 is 2.05 bits per heavy atom. The van der Waals surface area contributed by atoms with Gasteiger partial charge < -0.3 is 10.0 Å². The van der Waals surface area contributed by atoms with Crippen LogP contribution in [0.5, 0.6) is 0 Å². The summed E-state index contributed by atoms with van der Waals surface area (Å²) >= 11 is 1.58. The van der Waals surface area contributed by atoms with Crippen molar-refractivity contribution in [1.29, 1.82) is 0 Å². The lowest BCUT2D eigenvalue weighted by Crippen LogP contribution is -2.48. The summed E-state index contributed by atoms with van der Waals surface area (Å²) in [6.07, 6.45) is 1.50. The zero-order valence-electron chi connectivity index (χ0n) is 12.0. The first-order valence-corrected chi connectivity index (χ1v) is 7.94. The van der Waals surface area contributed by atoms with Crippen LogP contribution in [0.1, 0.15) is 6.92 Å². The van der Waals surface area contributed by atoms with Gasteiger partial charge in [-0.15, -0.1) is 10.2 Å². The Hall–Kier alpha value is -1.57. The summed E-state index contributed by atoms with van der Waals surface area (Å²) in [6.45, 7) is 6.30. The minimum Gasteiger partial charge on any atom is -0.392 e. The average Bonchev–Trinajstić information content (AvgIpc) is 2.98. The lowest BCUT2D eigenvalue weighted by molar-refractivity contribution is 0.122. The van der Waals surface area contributed by atoms with E-state index in [1.54, 1.807) is 17.5 Å². The molecule has 0 unspecified atom stereocenters. The van der Waals surface area contributed by atoms with E-state index in [-0.39, 0.29) is 6.10 Å². The zero-order valence-corrected chi connectivity index (χ0v) is 12.8. The van der Waals surface area contributed by atoms with Gasteiger partial charge in [0.25, 0.3) is 0 Å². The number of pyridine rings is 1. The van der Waals surface area contributed by atoms with Crippen LogP contribution in [-0.4, -0.2) is 64.0 Å². The van der Waals surface area contributed by atoms with Crippen LogP contribution in [0.15, 0.2) is 24.4 Å². The highest BCUT2D eigenvalue weighted by molar-refractivity contribution is 7.18. The molecule has 1 atom stereocenters. The van der Waals surface area contributed by atoms with E-state index < -0.39 is 0 Å². The van der Waals surface area contributed by atoms with Crippen molar-refractivity contribution in [3.05, 3.63) is 24.4 Å². The third-order valence-electron chi connectivity index (χ3n) is 3.46. The first kappa shape index (κ1) is 14.4. The van der Waals surface area contributed by atoms with E-state index in [2.05, 4.69) is 25.0 Å². The van der Waals surface area contributed by atoms with Gasteiger partial charge in [0.1, 0.15) is 5.69 Å². The summed E-state index contributed by atoms with van der Waals surface area (Å²) < 4.78 is 0. The summed E-state index contributed by atoms with van der Waals surface area (Å²) in [7, 11) is 0. The number of aromatic nitrogens is 3. The van der Waals surface area contributed by atoms with Crippen LogP contribution in [0.4, 0.5) is 5.13 Å². The lowest BCUT2D eigenvalue weighted by Gasteiger charge is -2.34. The number of nitrogens with zero attached hydrogens (tertiary/aromatic N) is 5. The third-order valence-corrected chi connectivity index (χ3v) is 4.47. The molecule has 0 spiro atoms. The molecule has 3 heterocycles. The Morgan fingerprint density at radius 1 is 1.24 bits per heavy atom. The van der Waals surface area contributed by atoms with Gasteiger partial charge in [0, 0.05) is 38.9 Å². The van der Waals surface area contributed by atoms with Crippen molar-refractivity contribution in [3.63, 3.8) is 0 Å². The second kappa shape index (κ2) is 6.46. The summed E-state index contributed by atoms with van der Waals surface area (Å²) in [6, 6.07) is 5.80. The van der Waals surface area contributed by atoms with E-state index in [0.717, 1.165) is 48.6 Å². The van der Waals surface area contributed by atoms with Crippen LogP contribution >= 0.6 is 11.3 Å². The quantitative estimate of drug-likeness (QED) is 0.912. The summed E-state index contributed by atoms with van der Waals surface area (Å²) in [5, 5.41) is 19.8. The Labute approximate surface area is 128 Å². The number of β-amino-alcohol motifs (C(OH)–C–C–N with tert-alkyl or cyclic N) is 1. The van der Waals surface area contributed by atoms with Crippen LogP contribution in [0.2, 0.25) is 0 Å². The molecule has 0 radical (unpaired) electrons. The maximum Gasteiger partial charge on any atom is 0.208 e. The minimum absolute atomic E-state index is 0.270. The number of hydrogen-bond acceptors (Lipinski definition) is 7. The zero-order chi connectivity index (χ0) is 14.7. The number of anilines is 1. The van der Waals surface area contributed by atoms with Crippen molar-refractivity contribution in [3.8, 4) is 10.7 Å². The fraction of sp³-hybridized carbons (Fsp3) is 0.500. The average molecular weight is 305 g/mol. The molecule has 6 nitrogen and oxygen atoms in total. The van der Waals surface area contributed by atoms with Crippen molar-refractivity contribution >= 4 is 16.5 Å². The van der Waals surface area contributed by atoms with Crippen molar-refractivity contribution < 1.29 is 5.11 Å².